The van der Waals surface area contributed by atoms with E-state index < -0.39 is 0 Å². The van der Waals surface area contributed by atoms with Crippen molar-refractivity contribution >= 4 is 55.4 Å². The number of nitrogens with one attached hydrogen (secondary N) is 1. The van der Waals surface area contributed by atoms with Crippen molar-refractivity contribution < 1.29 is 4.79 Å². The van der Waals surface area contributed by atoms with E-state index in [0.717, 1.165) is 25.8 Å². The predicted octanol–water partition coefficient (Wildman–Crippen LogP) is 3.99. The van der Waals surface area contributed by atoms with Crippen molar-refractivity contribution in [1.29, 1.82) is 0 Å². The van der Waals surface area contributed by atoms with Crippen LogP contribution in [-0.4, -0.2) is 17.8 Å². The Morgan fingerprint density at radius 2 is 1.71 bits per heavy atom. The smallest absolute Gasteiger partial charge is 0.276 e. The van der Waals surface area contributed by atoms with Crippen LogP contribution >= 0.6 is 31.9 Å². The first-order valence-electron chi connectivity index (χ1n) is 6.11. The number of benzene rings is 2. The summed E-state index contributed by atoms with van der Waals surface area (Å²) in [5.41, 5.74) is 2.73. The normalized spacial score (nSPS) is 15.5. The van der Waals surface area contributed by atoms with Gasteiger partial charge in [0.1, 0.15) is 0 Å². The highest BCUT2D eigenvalue weighted by atomic mass is 79.9. The van der Waals surface area contributed by atoms with Gasteiger partial charge < -0.3 is 5.32 Å². The summed E-state index contributed by atoms with van der Waals surface area (Å²) in [5.74, 6) is -0.240. The van der Waals surface area contributed by atoms with Crippen molar-refractivity contribution in [2.75, 3.05) is 5.32 Å². The maximum atomic E-state index is 11.9. The van der Waals surface area contributed by atoms with Crippen molar-refractivity contribution in [2.45, 2.75) is 0 Å². The first kappa shape index (κ1) is 14.2. The second-order valence-corrected chi connectivity index (χ2v) is 6.22. The minimum absolute atomic E-state index is 0.240. The Balaban J connectivity index is 1.88. The van der Waals surface area contributed by atoms with Gasteiger partial charge >= 0.3 is 0 Å². The van der Waals surface area contributed by atoms with Gasteiger partial charge in [0.15, 0.2) is 5.71 Å². The fraction of sp³-hybridized carbons (Fsp3) is 0. The number of anilines is 1. The molecule has 2 aromatic rings. The van der Waals surface area contributed by atoms with E-state index in [2.05, 4.69) is 47.4 Å². The first-order valence-corrected chi connectivity index (χ1v) is 7.70. The summed E-state index contributed by atoms with van der Waals surface area (Å²) in [5, 5.41) is 10.8. The predicted molar refractivity (Wildman–Crippen MR) is 91.0 cm³/mol. The van der Waals surface area contributed by atoms with E-state index >= 15 is 0 Å². The van der Waals surface area contributed by atoms with E-state index in [1.54, 1.807) is 6.21 Å². The van der Waals surface area contributed by atoms with Gasteiger partial charge in [-0.05, 0) is 35.9 Å². The van der Waals surface area contributed by atoms with Gasteiger partial charge in [-0.25, -0.2) is 0 Å². The van der Waals surface area contributed by atoms with Crippen LogP contribution < -0.4 is 5.32 Å². The molecule has 0 radical (unpaired) electrons. The number of hydrogen-bond donors (Lipinski definition) is 1. The lowest BCUT2D eigenvalue weighted by Crippen LogP contribution is -2.13. The van der Waals surface area contributed by atoms with E-state index in [0.29, 0.717) is 5.71 Å². The summed E-state index contributed by atoms with van der Waals surface area (Å²) in [6, 6.07) is 13.2. The average molecular weight is 407 g/mol. The molecular weight excluding hydrogens is 398 g/mol. The van der Waals surface area contributed by atoms with Crippen molar-refractivity contribution in [3.8, 4) is 0 Å². The van der Waals surface area contributed by atoms with Gasteiger partial charge in [-0.2, -0.15) is 5.10 Å². The molecule has 1 heterocycles. The molecule has 6 heteroatoms. The minimum atomic E-state index is -0.240. The molecule has 0 fully saturated rings. The monoisotopic (exact) mass is 405 g/mol. The summed E-state index contributed by atoms with van der Waals surface area (Å²) in [6.45, 7) is 0. The van der Waals surface area contributed by atoms with Crippen molar-refractivity contribution in [1.82, 2.24) is 0 Å². The second-order valence-electron chi connectivity index (χ2n) is 4.39. The Morgan fingerprint density at radius 1 is 1.00 bits per heavy atom. The van der Waals surface area contributed by atoms with Crippen LogP contribution in [0.1, 0.15) is 11.1 Å². The SMILES string of the molecule is O=C1Nc2ccc(Br)cc2/C1=N/N=C/c1ccc(Br)cc1. The van der Waals surface area contributed by atoms with Crippen LogP contribution in [0.25, 0.3) is 0 Å². The molecule has 1 N–H and O–H groups in total. The lowest BCUT2D eigenvalue weighted by atomic mass is 10.1. The van der Waals surface area contributed by atoms with Crippen molar-refractivity contribution in [2.24, 2.45) is 10.2 Å². The fourth-order valence-corrected chi connectivity index (χ4v) is 2.55. The fourth-order valence-electron chi connectivity index (χ4n) is 1.93. The largest absolute Gasteiger partial charge is 0.320 e. The molecule has 0 saturated heterocycles. The molecule has 0 unspecified atom stereocenters. The summed E-state index contributed by atoms with van der Waals surface area (Å²) < 4.78 is 1.89. The molecule has 0 aromatic heterocycles. The van der Waals surface area contributed by atoms with Gasteiger partial charge in [0.05, 0.1) is 11.9 Å². The zero-order chi connectivity index (χ0) is 14.8. The van der Waals surface area contributed by atoms with Gasteiger partial charge in [-0.3, -0.25) is 4.79 Å². The van der Waals surface area contributed by atoms with Gasteiger partial charge in [0.25, 0.3) is 5.91 Å². The van der Waals surface area contributed by atoms with Gasteiger partial charge in [0, 0.05) is 14.5 Å². The molecule has 0 saturated carbocycles. The molecule has 3 rings (SSSR count). The van der Waals surface area contributed by atoms with Crippen LogP contribution in [0.3, 0.4) is 0 Å². The number of rotatable bonds is 2. The van der Waals surface area contributed by atoms with Crippen LogP contribution in [0.2, 0.25) is 0 Å². The van der Waals surface area contributed by atoms with E-state index in [1.165, 1.54) is 0 Å². The molecule has 0 bridgehead atoms. The lowest BCUT2D eigenvalue weighted by Gasteiger charge is -1.97. The summed E-state index contributed by atoms with van der Waals surface area (Å²) in [4.78, 5) is 11.9. The quantitative estimate of drug-likeness (QED) is 0.595. The molecule has 4 nitrogen and oxygen atoms in total. The third kappa shape index (κ3) is 3.11. The number of halogens is 2. The number of amides is 1. The Bertz CT molecular complexity index is 767. The lowest BCUT2D eigenvalue weighted by molar-refractivity contribution is -0.110. The number of hydrogen-bond acceptors (Lipinski definition) is 3. The highest BCUT2D eigenvalue weighted by molar-refractivity contribution is 9.10. The maximum absolute atomic E-state index is 11.9. The van der Waals surface area contributed by atoms with Gasteiger partial charge in [0.2, 0.25) is 0 Å². The van der Waals surface area contributed by atoms with Crippen LogP contribution in [0.15, 0.2) is 61.6 Å². The van der Waals surface area contributed by atoms with Crippen LogP contribution in [0, 0.1) is 0 Å². The molecular formula is C15H9Br2N3O. The first-order chi connectivity index (χ1) is 10.1. The van der Waals surface area contributed by atoms with Gasteiger partial charge in [-0.15, -0.1) is 5.10 Å². The zero-order valence-corrected chi connectivity index (χ0v) is 13.8. The second kappa shape index (κ2) is 5.91. The molecule has 0 atom stereocenters. The van der Waals surface area contributed by atoms with Crippen LogP contribution in [0.4, 0.5) is 5.69 Å². The van der Waals surface area contributed by atoms with Crippen LogP contribution in [-0.2, 0) is 4.79 Å². The molecule has 0 spiro atoms. The van der Waals surface area contributed by atoms with Crippen molar-refractivity contribution in [3.63, 3.8) is 0 Å². The van der Waals surface area contributed by atoms with E-state index in [-0.39, 0.29) is 5.91 Å². The third-order valence-electron chi connectivity index (χ3n) is 2.93. The Kier molecular flexibility index (Phi) is 3.98. The minimum Gasteiger partial charge on any atom is -0.320 e. The topological polar surface area (TPSA) is 53.8 Å². The average Bonchev–Trinajstić information content (AvgIpc) is 2.77. The highest BCUT2D eigenvalue weighted by Gasteiger charge is 2.26. The third-order valence-corrected chi connectivity index (χ3v) is 3.96. The van der Waals surface area contributed by atoms with Crippen molar-refractivity contribution in [3.05, 3.63) is 62.5 Å². The highest BCUT2D eigenvalue weighted by Crippen LogP contribution is 2.26. The van der Waals surface area contributed by atoms with Crippen LogP contribution in [0.5, 0.6) is 0 Å². The number of nitrogens with zero attached hydrogens (tertiary/aromatic N) is 2. The maximum Gasteiger partial charge on any atom is 0.276 e. The molecule has 1 aliphatic heterocycles. The molecule has 104 valence electrons. The summed E-state index contributed by atoms with van der Waals surface area (Å²) in [7, 11) is 0. The standard InChI is InChI=1S/C15H9Br2N3O/c16-10-3-1-9(2-4-10)8-18-20-14-12-7-11(17)5-6-13(12)19-15(14)21/h1-8H,(H,19,20,21)/b18-8+. The summed E-state index contributed by atoms with van der Waals surface area (Å²) in [6.07, 6.45) is 1.61. The molecule has 1 aliphatic rings. The van der Waals surface area contributed by atoms with E-state index in [9.17, 15) is 4.79 Å². The number of carbonyl (C=O) groups excluding carboxylic acids is 1. The molecule has 1 amide bonds. The molecule has 21 heavy (non-hydrogen) atoms. The van der Waals surface area contributed by atoms with E-state index in [1.807, 2.05) is 42.5 Å². The number of carbonyl (C=O) groups is 1. The zero-order valence-electron chi connectivity index (χ0n) is 10.7. The molecule has 0 aliphatic carbocycles. The van der Waals surface area contributed by atoms with E-state index in [4.69, 9.17) is 0 Å². The Labute approximate surface area is 138 Å². The molecule has 2 aromatic carbocycles. The Morgan fingerprint density at radius 3 is 2.48 bits per heavy atom. The number of fused-ring (bicyclic) bond motifs is 1. The summed E-state index contributed by atoms with van der Waals surface area (Å²) >= 11 is 6.76. The van der Waals surface area contributed by atoms with Gasteiger partial charge in [-0.1, -0.05) is 44.0 Å². The Hall–Kier alpha value is -1.79.